The molecule has 4 saturated heterocycles. The Balaban J connectivity index is 1.25. The van der Waals surface area contributed by atoms with E-state index < -0.39 is 86.6 Å². The molecule has 4 fully saturated rings. The van der Waals surface area contributed by atoms with Crippen molar-refractivity contribution in [1.29, 1.82) is 0 Å². The van der Waals surface area contributed by atoms with Crippen LogP contribution in [0, 0.1) is 17.8 Å². The Labute approximate surface area is 293 Å². The minimum Gasteiger partial charge on any atom is -0.496 e. The summed E-state index contributed by atoms with van der Waals surface area (Å²) in [5.41, 5.74) is 1.74. The lowest BCUT2D eigenvalue weighted by Gasteiger charge is -2.41. The van der Waals surface area contributed by atoms with Crippen LogP contribution in [-0.2, 0) is 18.9 Å². The second-order valence-electron chi connectivity index (χ2n) is 13.0. The molecule has 14 atom stereocenters. The Hall–Kier alpha value is -3.04. The van der Waals surface area contributed by atoms with Crippen molar-refractivity contribution in [3.05, 3.63) is 41.0 Å². The first kappa shape index (κ1) is 37.7. The zero-order valence-corrected chi connectivity index (χ0v) is 28.5. The molecule has 4 aliphatic rings. The van der Waals surface area contributed by atoms with Gasteiger partial charge in [-0.1, -0.05) is 0 Å². The minimum atomic E-state index is -1.71. The first-order chi connectivity index (χ1) is 24.5. The summed E-state index contributed by atoms with van der Waals surface area (Å²) >= 11 is 0. The summed E-state index contributed by atoms with van der Waals surface area (Å²) in [4.78, 5) is 0. The van der Waals surface area contributed by atoms with Crippen molar-refractivity contribution < 1.29 is 83.5 Å². The molecule has 2 aromatic rings. The molecule has 284 valence electrons. The summed E-state index contributed by atoms with van der Waals surface area (Å²) < 4.78 is 52.5. The van der Waals surface area contributed by atoms with Crippen molar-refractivity contribution in [2.75, 3.05) is 54.9 Å². The number of hydrogen-bond donors (Lipinski definition) is 8. The fourth-order valence-corrected chi connectivity index (χ4v) is 7.52. The lowest BCUT2D eigenvalue weighted by molar-refractivity contribution is -0.277. The smallest absolute Gasteiger partial charge is 0.229 e. The third-order valence-electron chi connectivity index (χ3n) is 10.3. The monoisotopic (exact) mass is 726 g/mol. The van der Waals surface area contributed by atoms with Crippen LogP contribution in [0.5, 0.6) is 28.7 Å². The Morgan fingerprint density at radius 1 is 0.588 bits per heavy atom. The van der Waals surface area contributed by atoms with Gasteiger partial charge in [-0.15, -0.1) is 0 Å². The predicted octanol–water partition coefficient (Wildman–Crippen LogP) is -1.31. The summed E-state index contributed by atoms with van der Waals surface area (Å²) in [6.45, 7) is -0.511. The zero-order valence-electron chi connectivity index (χ0n) is 28.5. The van der Waals surface area contributed by atoms with E-state index in [-0.39, 0.29) is 29.1 Å². The highest BCUT2D eigenvalue weighted by atomic mass is 16.7. The zero-order chi connectivity index (χ0) is 36.7. The van der Waals surface area contributed by atoms with Gasteiger partial charge in [-0.25, -0.2) is 0 Å². The van der Waals surface area contributed by atoms with Gasteiger partial charge in [-0.05, 0) is 35.4 Å². The van der Waals surface area contributed by atoms with Crippen LogP contribution >= 0.6 is 0 Å². The van der Waals surface area contributed by atoms with Crippen molar-refractivity contribution in [1.82, 2.24) is 0 Å². The van der Waals surface area contributed by atoms with Crippen LogP contribution < -0.4 is 23.7 Å². The Morgan fingerprint density at radius 2 is 1.10 bits per heavy atom. The number of rotatable bonds is 11. The van der Waals surface area contributed by atoms with E-state index in [0.29, 0.717) is 41.4 Å². The van der Waals surface area contributed by atoms with Crippen LogP contribution in [0.2, 0.25) is 0 Å². The van der Waals surface area contributed by atoms with Crippen molar-refractivity contribution >= 4 is 0 Å². The first-order valence-corrected chi connectivity index (χ1v) is 16.5. The molecular weight excluding hydrogens is 680 g/mol. The number of aliphatic hydroxyl groups excluding tert-OH is 8. The molecule has 2 aromatic carbocycles. The van der Waals surface area contributed by atoms with Crippen LogP contribution in [0.25, 0.3) is 0 Å². The van der Waals surface area contributed by atoms with E-state index in [2.05, 4.69) is 0 Å². The van der Waals surface area contributed by atoms with Gasteiger partial charge in [0.05, 0.1) is 78.7 Å². The molecule has 17 heteroatoms. The Kier molecular flexibility index (Phi) is 11.5. The van der Waals surface area contributed by atoms with Crippen molar-refractivity contribution in [2.45, 2.75) is 67.5 Å². The molecule has 8 N–H and O–H groups in total. The van der Waals surface area contributed by atoms with E-state index in [4.69, 9.17) is 42.6 Å². The maximum absolute atomic E-state index is 10.6. The van der Waals surface area contributed by atoms with Gasteiger partial charge in [0.2, 0.25) is 12.0 Å². The Bertz CT molecular complexity index is 1460. The number of aliphatic hydroxyl groups is 8. The second-order valence-corrected chi connectivity index (χ2v) is 13.0. The maximum atomic E-state index is 10.6. The Morgan fingerprint density at radius 3 is 1.57 bits per heavy atom. The molecule has 0 radical (unpaired) electrons. The van der Waals surface area contributed by atoms with Crippen LogP contribution in [0.3, 0.4) is 0 Å². The minimum absolute atomic E-state index is 0.0578. The van der Waals surface area contributed by atoms with Crippen LogP contribution in [0.4, 0.5) is 0 Å². The van der Waals surface area contributed by atoms with E-state index in [1.165, 1.54) is 28.4 Å². The second kappa shape index (κ2) is 15.5. The van der Waals surface area contributed by atoms with E-state index in [1.54, 1.807) is 24.3 Å². The molecule has 0 amide bonds. The highest BCUT2D eigenvalue weighted by Crippen LogP contribution is 2.54. The number of fused-ring (bicyclic) bond motifs is 1. The number of hydrogen-bond acceptors (Lipinski definition) is 17. The van der Waals surface area contributed by atoms with Crippen LogP contribution in [0.1, 0.15) is 35.0 Å². The number of ether oxygens (including phenoxy) is 9. The summed E-state index contributed by atoms with van der Waals surface area (Å²) in [5, 5.41) is 81.6. The van der Waals surface area contributed by atoms with E-state index in [0.717, 1.165) is 0 Å². The molecule has 0 saturated carbocycles. The molecule has 4 aliphatic heterocycles. The predicted molar refractivity (Wildman–Crippen MR) is 170 cm³/mol. The molecule has 0 aromatic heterocycles. The molecular formula is C34H46O17. The molecule has 51 heavy (non-hydrogen) atoms. The summed E-state index contributed by atoms with van der Waals surface area (Å²) in [5.74, 6) is -0.145. The fourth-order valence-electron chi connectivity index (χ4n) is 7.52. The lowest BCUT2D eigenvalue weighted by atomic mass is 9.82. The van der Waals surface area contributed by atoms with E-state index >= 15 is 0 Å². The van der Waals surface area contributed by atoms with Gasteiger partial charge in [-0.3, -0.25) is 0 Å². The third kappa shape index (κ3) is 6.71. The van der Waals surface area contributed by atoms with Crippen molar-refractivity contribution in [3.8, 4) is 28.7 Å². The summed E-state index contributed by atoms with van der Waals surface area (Å²) in [6.07, 6.45) is -14.3. The maximum Gasteiger partial charge on any atom is 0.229 e. The molecule has 6 rings (SSSR count). The highest BCUT2D eigenvalue weighted by Gasteiger charge is 2.51. The number of benzene rings is 2. The van der Waals surface area contributed by atoms with E-state index in [9.17, 15) is 40.9 Å². The first-order valence-electron chi connectivity index (χ1n) is 16.5. The molecule has 0 bridgehead atoms. The number of methoxy groups -OCH3 is 4. The average Bonchev–Trinajstić information content (AvgIpc) is 3.76. The highest BCUT2D eigenvalue weighted by molar-refractivity contribution is 5.55. The largest absolute Gasteiger partial charge is 0.496 e. The fraction of sp³-hybridized carbons (Fsp3) is 0.647. The van der Waals surface area contributed by atoms with Gasteiger partial charge in [0, 0.05) is 17.8 Å². The van der Waals surface area contributed by atoms with Crippen LogP contribution in [-0.4, -0.2) is 145 Å². The van der Waals surface area contributed by atoms with Gasteiger partial charge in [0.25, 0.3) is 0 Å². The van der Waals surface area contributed by atoms with E-state index in [1.807, 2.05) is 0 Å². The van der Waals surface area contributed by atoms with Crippen LogP contribution in [0.15, 0.2) is 24.3 Å². The lowest BCUT2D eigenvalue weighted by Crippen LogP contribution is -2.60. The average molecular weight is 727 g/mol. The summed E-state index contributed by atoms with van der Waals surface area (Å²) in [6, 6.07) is 6.89. The van der Waals surface area contributed by atoms with Gasteiger partial charge in [0.15, 0.2) is 17.8 Å². The molecule has 4 heterocycles. The normalized spacial score (nSPS) is 37.9. The molecule has 0 spiro atoms. The summed E-state index contributed by atoms with van der Waals surface area (Å²) in [7, 11) is 5.72. The topological polar surface area (TPSA) is 245 Å². The quantitative estimate of drug-likeness (QED) is 0.134. The molecule has 0 aliphatic carbocycles. The van der Waals surface area contributed by atoms with Gasteiger partial charge in [-0.2, -0.15) is 0 Å². The standard InChI is InChI=1S/C34H46O17/c1-43-18-5-13(6-19(44-2)23(18)31-15(9-35)24(37)27(40)33(42)50-31)29-16-11-48-30(17(16)12-47-29)14-7-20(45-3)32(21(8-14)46-4)51-34-28(41)26(39)25(38)22(10-36)49-34/h5-8,15-17,22,24-31,33-42H,9-12H2,1-4H3/t15-,16-,17-,22-,24+,25+,26-,27-,28+,29-,30+,31-,33-,34+/m0/s1. The van der Waals surface area contributed by atoms with Crippen molar-refractivity contribution in [3.63, 3.8) is 0 Å². The van der Waals surface area contributed by atoms with Gasteiger partial charge in [0.1, 0.15) is 48.1 Å². The third-order valence-corrected chi connectivity index (χ3v) is 10.3. The van der Waals surface area contributed by atoms with Crippen molar-refractivity contribution in [2.24, 2.45) is 17.8 Å². The molecule has 17 nitrogen and oxygen atoms in total. The van der Waals surface area contributed by atoms with Gasteiger partial charge >= 0.3 is 0 Å². The SMILES string of the molecule is COc1cc([C@H]2OC[C@H]3[C@@H]2CO[C@H]3c2cc(OC)c([C@H]3O[C@H](O)[C@@H](O)[C@H](O)[C@@H]3CO)c(OC)c2)cc(OC)c1O[C@H]1O[C@@H](CO)[C@@H](O)[C@H](O)[C@H]1O. The molecule has 0 unspecified atom stereocenters. The van der Waals surface area contributed by atoms with Gasteiger partial charge < -0.3 is 83.5 Å².